The van der Waals surface area contributed by atoms with Crippen molar-refractivity contribution < 1.29 is 17.6 Å². The van der Waals surface area contributed by atoms with Crippen molar-refractivity contribution in [3.05, 3.63) is 84.2 Å². The van der Waals surface area contributed by atoms with Crippen LogP contribution in [0.5, 0.6) is 0 Å². The quantitative estimate of drug-likeness (QED) is 0.571. The van der Waals surface area contributed by atoms with Crippen molar-refractivity contribution in [3.8, 4) is 11.1 Å². The zero-order chi connectivity index (χ0) is 21.8. The van der Waals surface area contributed by atoms with E-state index in [2.05, 4.69) is 10.0 Å². The van der Waals surface area contributed by atoms with Gasteiger partial charge in [-0.25, -0.2) is 12.8 Å². The average Bonchev–Trinajstić information content (AvgIpc) is 3.27. The van der Waals surface area contributed by atoms with E-state index >= 15 is 0 Å². The van der Waals surface area contributed by atoms with Crippen LogP contribution in [-0.2, 0) is 10.0 Å². The molecule has 1 aliphatic carbocycles. The summed E-state index contributed by atoms with van der Waals surface area (Å²) in [7, 11) is -3.80. The molecule has 5 nitrogen and oxygen atoms in total. The summed E-state index contributed by atoms with van der Waals surface area (Å²) in [6.07, 6.45) is 4.27. The molecule has 0 spiro atoms. The first-order valence-electron chi connectivity index (χ1n) is 10.2. The minimum absolute atomic E-state index is 0.0932. The monoisotopic (exact) mass is 438 g/mol. The van der Waals surface area contributed by atoms with Crippen molar-refractivity contribution in [2.75, 3.05) is 4.72 Å². The lowest BCUT2D eigenvalue weighted by molar-refractivity contribution is 0.0938. The smallest absolute Gasteiger partial charge is 0.261 e. The lowest BCUT2D eigenvalue weighted by Gasteiger charge is -2.13. The third-order valence-corrected chi connectivity index (χ3v) is 6.81. The lowest BCUT2D eigenvalue weighted by Crippen LogP contribution is -2.32. The number of rotatable bonds is 6. The molecule has 1 aliphatic rings. The Morgan fingerprint density at radius 2 is 1.55 bits per heavy atom. The third kappa shape index (κ3) is 5.11. The summed E-state index contributed by atoms with van der Waals surface area (Å²) in [6, 6.07) is 18.9. The zero-order valence-electron chi connectivity index (χ0n) is 16.8. The number of halogens is 1. The summed E-state index contributed by atoms with van der Waals surface area (Å²) in [5.41, 5.74) is 2.25. The van der Waals surface area contributed by atoms with Gasteiger partial charge in [-0.3, -0.25) is 9.52 Å². The maximum Gasteiger partial charge on any atom is 0.261 e. The van der Waals surface area contributed by atoms with E-state index in [1.807, 2.05) is 0 Å². The number of amides is 1. The number of hydrogen-bond donors (Lipinski definition) is 2. The van der Waals surface area contributed by atoms with E-state index in [9.17, 15) is 17.6 Å². The molecule has 160 valence electrons. The van der Waals surface area contributed by atoms with Crippen LogP contribution in [0, 0.1) is 5.82 Å². The molecule has 1 fully saturated rings. The summed E-state index contributed by atoms with van der Waals surface area (Å²) < 4.78 is 41.3. The van der Waals surface area contributed by atoms with Gasteiger partial charge in [0, 0.05) is 17.3 Å². The second kappa shape index (κ2) is 8.89. The van der Waals surface area contributed by atoms with E-state index in [0.717, 1.165) is 31.2 Å². The highest BCUT2D eigenvalue weighted by atomic mass is 32.2. The second-order valence-electron chi connectivity index (χ2n) is 7.67. The predicted octanol–water partition coefficient (Wildman–Crippen LogP) is 4.97. The number of sulfonamides is 1. The van der Waals surface area contributed by atoms with Crippen molar-refractivity contribution in [3.63, 3.8) is 0 Å². The van der Waals surface area contributed by atoms with Gasteiger partial charge in [-0.1, -0.05) is 37.1 Å². The van der Waals surface area contributed by atoms with E-state index < -0.39 is 10.0 Å². The molecule has 0 radical (unpaired) electrons. The number of benzene rings is 3. The average molecular weight is 439 g/mol. The Morgan fingerprint density at radius 1 is 0.871 bits per heavy atom. The summed E-state index contributed by atoms with van der Waals surface area (Å²) in [5, 5.41) is 3.01. The summed E-state index contributed by atoms with van der Waals surface area (Å²) in [6.45, 7) is 0. The molecule has 1 saturated carbocycles. The van der Waals surface area contributed by atoms with Crippen LogP contribution in [0.1, 0.15) is 36.0 Å². The van der Waals surface area contributed by atoms with Crippen molar-refractivity contribution in [2.24, 2.45) is 0 Å². The van der Waals surface area contributed by atoms with Gasteiger partial charge in [-0.2, -0.15) is 0 Å². The number of nitrogens with one attached hydrogen (secondary N) is 2. The Bertz CT molecular complexity index is 1170. The molecule has 0 bridgehead atoms. The zero-order valence-corrected chi connectivity index (χ0v) is 17.7. The Labute approximate surface area is 181 Å². The van der Waals surface area contributed by atoms with Crippen LogP contribution in [0.25, 0.3) is 11.1 Å². The molecule has 0 heterocycles. The largest absolute Gasteiger partial charge is 0.349 e. The SMILES string of the molecule is O=C(NC1CCCC1)c1ccc(NS(=O)(=O)c2ccc(-c3cccc(F)c3)cc2)cc1. The van der Waals surface area contributed by atoms with Gasteiger partial charge < -0.3 is 5.32 Å². The van der Waals surface area contributed by atoms with Gasteiger partial charge >= 0.3 is 0 Å². The standard InChI is InChI=1S/C24H23FN2O3S/c25-20-5-3-4-19(16-20)17-10-14-23(15-11-17)31(29,30)27-22-12-8-18(9-13-22)24(28)26-21-6-1-2-7-21/h3-5,8-16,21,27H,1-2,6-7H2,(H,26,28). The predicted molar refractivity (Wildman–Crippen MR) is 119 cm³/mol. The number of hydrogen-bond acceptors (Lipinski definition) is 3. The Balaban J connectivity index is 1.44. The fourth-order valence-corrected chi connectivity index (χ4v) is 4.80. The Kier molecular flexibility index (Phi) is 6.04. The van der Waals surface area contributed by atoms with Gasteiger partial charge in [-0.05, 0) is 72.5 Å². The highest BCUT2D eigenvalue weighted by molar-refractivity contribution is 7.92. The van der Waals surface area contributed by atoms with Crippen LogP contribution in [0.4, 0.5) is 10.1 Å². The topological polar surface area (TPSA) is 75.3 Å². The van der Waals surface area contributed by atoms with Crippen molar-refractivity contribution >= 4 is 21.6 Å². The first-order chi connectivity index (χ1) is 14.9. The van der Waals surface area contributed by atoms with Gasteiger partial charge in [-0.15, -0.1) is 0 Å². The van der Waals surface area contributed by atoms with Crippen molar-refractivity contribution in [1.82, 2.24) is 5.32 Å². The molecule has 7 heteroatoms. The van der Waals surface area contributed by atoms with E-state index in [1.165, 1.54) is 24.3 Å². The number of anilines is 1. The number of carbonyl (C=O) groups excluding carboxylic acids is 1. The number of carbonyl (C=O) groups is 1. The summed E-state index contributed by atoms with van der Waals surface area (Å²) >= 11 is 0. The maximum absolute atomic E-state index is 13.4. The molecule has 0 atom stereocenters. The van der Waals surface area contributed by atoms with Crippen LogP contribution >= 0.6 is 0 Å². The molecule has 0 saturated heterocycles. The Hall–Kier alpha value is -3.19. The van der Waals surface area contributed by atoms with Gasteiger partial charge in [0.05, 0.1) is 4.90 Å². The first kappa shape index (κ1) is 21.1. The van der Waals surface area contributed by atoms with Crippen LogP contribution in [0.3, 0.4) is 0 Å². The molecule has 3 aromatic carbocycles. The van der Waals surface area contributed by atoms with Crippen molar-refractivity contribution in [1.29, 1.82) is 0 Å². The molecule has 2 N–H and O–H groups in total. The normalized spacial score (nSPS) is 14.4. The fourth-order valence-electron chi connectivity index (χ4n) is 3.74. The van der Waals surface area contributed by atoms with E-state index in [4.69, 9.17) is 0 Å². The van der Waals surface area contributed by atoms with E-state index in [1.54, 1.807) is 48.5 Å². The van der Waals surface area contributed by atoms with Crippen LogP contribution < -0.4 is 10.0 Å². The maximum atomic E-state index is 13.4. The molecule has 4 rings (SSSR count). The summed E-state index contributed by atoms with van der Waals surface area (Å²) in [5.74, 6) is -0.495. The molecule has 0 unspecified atom stereocenters. The fraction of sp³-hybridized carbons (Fsp3) is 0.208. The molecule has 0 aliphatic heterocycles. The minimum Gasteiger partial charge on any atom is -0.349 e. The van der Waals surface area contributed by atoms with E-state index in [0.29, 0.717) is 16.8 Å². The molecule has 3 aromatic rings. The second-order valence-corrected chi connectivity index (χ2v) is 9.35. The van der Waals surface area contributed by atoms with Gasteiger partial charge in [0.1, 0.15) is 5.82 Å². The summed E-state index contributed by atoms with van der Waals surface area (Å²) in [4.78, 5) is 12.4. The molecular weight excluding hydrogens is 415 g/mol. The van der Waals surface area contributed by atoms with E-state index in [-0.39, 0.29) is 22.7 Å². The third-order valence-electron chi connectivity index (χ3n) is 5.41. The highest BCUT2D eigenvalue weighted by Crippen LogP contribution is 2.24. The minimum atomic E-state index is -3.80. The lowest BCUT2D eigenvalue weighted by atomic mass is 10.1. The molecular formula is C24H23FN2O3S. The van der Waals surface area contributed by atoms with Crippen molar-refractivity contribution in [2.45, 2.75) is 36.6 Å². The molecule has 31 heavy (non-hydrogen) atoms. The van der Waals surface area contributed by atoms with Crippen LogP contribution in [0.15, 0.2) is 77.7 Å². The van der Waals surface area contributed by atoms with Crippen LogP contribution in [-0.4, -0.2) is 20.4 Å². The van der Waals surface area contributed by atoms with Gasteiger partial charge in [0.15, 0.2) is 0 Å². The molecule has 0 aromatic heterocycles. The van der Waals surface area contributed by atoms with Gasteiger partial charge in [0.2, 0.25) is 0 Å². The van der Waals surface area contributed by atoms with Gasteiger partial charge in [0.25, 0.3) is 15.9 Å². The highest BCUT2D eigenvalue weighted by Gasteiger charge is 2.18. The Morgan fingerprint density at radius 3 is 2.19 bits per heavy atom. The first-order valence-corrected chi connectivity index (χ1v) is 11.7. The van der Waals surface area contributed by atoms with Crippen LogP contribution in [0.2, 0.25) is 0 Å². The molecule has 1 amide bonds.